The van der Waals surface area contributed by atoms with Gasteiger partial charge in [0.2, 0.25) is 0 Å². The molecule has 56 valence electrons. The minimum absolute atomic E-state index is 0.428. The van der Waals surface area contributed by atoms with Crippen LogP contribution in [0.15, 0.2) is 0 Å². The molecule has 0 aliphatic heterocycles. The molecule has 2 unspecified atom stereocenters. The molecule has 0 saturated carbocycles. The Labute approximate surface area is 66.1 Å². The van der Waals surface area contributed by atoms with Gasteiger partial charge in [-0.25, -0.2) is 0 Å². The van der Waals surface area contributed by atoms with Crippen LogP contribution < -0.4 is 0 Å². The summed E-state index contributed by atoms with van der Waals surface area (Å²) in [7, 11) is 2.03. The van der Waals surface area contributed by atoms with Crippen molar-refractivity contribution in [2.24, 2.45) is 0 Å². The summed E-state index contributed by atoms with van der Waals surface area (Å²) < 4.78 is 0. The van der Waals surface area contributed by atoms with Crippen molar-refractivity contribution in [2.45, 2.75) is 11.5 Å². The first-order valence-corrected chi connectivity index (χ1v) is 5.42. The van der Waals surface area contributed by atoms with E-state index < -0.39 is 18.1 Å². The highest BCUT2D eigenvalue weighted by molar-refractivity contribution is 9.05. The summed E-state index contributed by atoms with van der Waals surface area (Å²) >= 11 is 3.72. The van der Waals surface area contributed by atoms with Gasteiger partial charge in [-0.2, -0.15) is 0 Å². The van der Waals surface area contributed by atoms with Crippen LogP contribution in [0.1, 0.15) is 0 Å². The van der Waals surface area contributed by atoms with Crippen molar-refractivity contribution in [1.82, 2.24) is 0 Å². The third-order valence-corrected chi connectivity index (χ3v) is 2.88. The van der Waals surface area contributed by atoms with Gasteiger partial charge < -0.3 is 15.3 Å². The van der Waals surface area contributed by atoms with Gasteiger partial charge >= 0.3 is 0 Å². The second kappa shape index (κ2) is 5.70. The molecule has 6 heteroatoms. The zero-order valence-corrected chi connectivity index (χ0v) is 6.99. The van der Waals surface area contributed by atoms with E-state index in [0.717, 1.165) is 20.6 Å². The molecule has 0 aromatic carbocycles. The van der Waals surface area contributed by atoms with Crippen molar-refractivity contribution in [3.05, 3.63) is 0 Å². The molecule has 9 heavy (non-hydrogen) atoms. The minimum Gasteiger partial charge on any atom is -0.394 e. The van der Waals surface area contributed by atoms with Crippen molar-refractivity contribution in [3.8, 4) is 0 Å². The zero-order valence-electron chi connectivity index (χ0n) is 4.47. The summed E-state index contributed by atoms with van der Waals surface area (Å²) in [5, 5.41) is 25.8. The first-order chi connectivity index (χ1) is 4.22. The Morgan fingerprint density at radius 3 is 2.33 bits per heavy atom. The van der Waals surface area contributed by atoms with Crippen molar-refractivity contribution in [1.29, 1.82) is 0 Å². The van der Waals surface area contributed by atoms with Crippen LogP contribution in [0.5, 0.6) is 0 Å². The van der Waals surface area contributed by atoms with Crippen LogP contribution >= 0.6 is 32.3 Å². The monoisotopic (exact) mass is 188 g/mol. The summed E-state index contributed by atoms with van der Waals surface area (Å²) in [6.07, 6.45) is -1.07. The van der Waals surface area contributed by atoms with Gasteiger partial charge in [-0.15, -0.1) is 0 Å². The summed E-state index contributed by atoms with van der Waals surface area (Å²) in [4.78, 5) is 0. The largest absolute Gasteiger partial charge is 0.394 e. The molecular formula is C3H8O3S3. The maximum atomic E-state index is 8.80. The van der Waals surface area contributed by atoms with Crippen LogP contribution in [-0.4, -0.2) is 33.5 Å². The van der Waals surface area contributed by atoms with Crippen molar-refractivity contribution in [2.75, 3.05) is 6.61 Å². The van der Waals surface area contributed by atoms with Crippen molar-refractivity contribution >= 4 is 32.3 Å². The second-order valence-corrected chi connectivity index (χ2v) is 4.50. The number of aliphatic hydroxyl groups excluding tert-OH is 3. The SMILES string of the molecule is OCC(O)C(O)SSS. The molecule has 0 fully saturated rings. The Morgan fingerprint density at radius 1 is 1.44 bits per heavy atom. The molecule has 0 rings (SSSR count). The van der Waals surface area contributed by atoms with E-state index in [4.69, 9.17) is 15.3 Å². The minimum atomic E-state index is -1.07. The van der Waals surface area contributed by atoms with E-state index in [0.29, 0.717) is 0 Å². The third-order valence-electron chi connectivity index (χ3n) is 0.658. The molecule has 0 aliphatic carbocycles. The van der Waals surface area contributed by atoms with E-state index in [9.17, 15) is 0 Å². The van der Waals surface area contributed by atoms with E-state index in [1.165, 1.54) is 0 Å². The Hall–Kier alpha value is 0.930. The van der Waals surface area contributed by atoms with Gasteiger partial charge in [-0.3, -0.25) is 0 Å². The van der Waals surface area contributed by atoms with Gasteiger partial charge in [0.1, 0.15) is 11.5 Å². The fraction of sp³-hybridized carbons (Fsp3) is 1.00. The lowest BCUT2D eigenvalue weighted by Gasteiger charge is -2.11. The highest BCUT2D eigenvalue weighted by Crippen LogP contribution is 2.29. The average molecular weight is 188 g/mol. The molecule has 3 nitrogen and oxygen atoms in total. The zero-order chi connectivity index (χ0) is 7.28. The molecule has 0 amide bonds. The van der Waals surface area contributed by atoms with Gasteiger partial charge in [0.05, 0.1) is 6.61 Å². The third kappa shape index (κ3) is 4.35. The van der Waals surface area contributed by atoms with Crippen LogP contribution in [0.3, 0.4) is 0 Å². The lowest BCUT2D eigenvalue weighted by molar-refractivity contribution is 0.0291. The van der Waals surface area contributed by atoms with Crippen molar-refractivity contribution in [3.63, 3.8) is 0 Å². The van der Waals surface area contributed by atoms with Gasteiger partial charge in [0, 0.05) is 0 Å². The van der Waals surface area contributed by atoms with Gasteiger partial charge in [0.15, 0.2) is 0 Å². The Morgan fingerprint density at radius 2 is 2.00 bits per heavy atom. The summed E-state index contributed by atoms with van der Waals surface area (Å²) in [6.45, 7) is -0.428. The highest BCUT2D eigenvalue weighted by Gasteiger charge is 2.14. The number of aliphatic hydroxyl groups is 3. The van der Waals surface area contributed by atoms with Crippen LogP contribution in [0, 0.1) is 0 Å². The van der Waals surface area contributed by atoms with Gasteiger partial charge in [0.25, 0.3) is 0 Å². The fourth-order valence-electron chi connectivity index (χ4n) is 0.198. The molecule has 3 N–H and O–H groups in total. The van der Waals surface area contributed by atoms with E-state index in [-0.39, 0.29) is 0 Å². The van der Waals surface area contributed by atoms with Gasteiger partial charge in [-0.1, -0.05) is 11.7 Å². The Balaban J connectivity index is 3.32. The molecule has 0 radical (unpaired) electrons. The van der Waals surface area contributed by atoms with Crippen LogP contribution in [0.25, 0.3) is 0 Å². The highest BCUT2D eigenvalue weighted by atomic mass is 33.5. The number of thiol groups is 1. The van der Waals surface area contributed by atoms with E-state index >= 15 is 0 Å². The van der Waals surface area contributed by atoms with Crippen molar-refractivity contribution < 1.29 is 15.3 Å². The molecule has 0 aromatic heterocycles. The lowest BCUT2D eigenvalue weighted by atomic mass is 10.4. The molecule has 0 bridgehead atoms. The van der Waals surface area contributed by atoms with Crippen LogP contribution in [-0.2, 0) is 0 Å². The number of hydrogen-bond acceptors (Lipinski definition) is 6. The standard InChI is InChI=1S/C3H8O3S3/c4-1-2(5)3(6)8-9-7/h2-7H,1H2. The van der Waals surface area contributed by atoms with E-state index in [1.807, 2.05) is 0 Å². The van der Waals surface area contributed by atoms with E-state index in [1.54, 1.807) is 0 Å². The molecule has 0 spiro atoms. The summed E-state index contributed by atoms with van der Waals surface area (Å²) in [5.74, 6) is 0. The fourth-order valence-corrected chi connectivity index (χ4v) is 1.94. The molecule has 0 aliphatic rings. The maximum Gasteiger partial charge on any atom is 0.138 e. The predicted octanol–water partition coefficient (Wildman–Crippen LogP) is -0.116. The van der Waals surface area contributed by atoms with Crippen LogP contribution in [0.4, 0.5) is 0 Å². The van der Waals surface area contributed by atoms with Gasteiger partial charge in [-0.05, 0) is 20.6 Å². The maximum absolute atomic E-state index is 8.80. The predicted molar refractivity (Wildman–Crippen MR) is 43.3 cm³/mol. The lowest BCUT2D eigenvalue weighted by Crippen LogP contribution is -2.25. The average Bonchev–Trinajstić information content (AvgIpc) is 1.87. The number of hydrogen-bond donors (Lipinski definition) is 4. The quantitative estimate of drug-likeness (QED) is 0.282. The molecule has 0 aromatic rings. The second-order valence-electron chi connectivity index (χ2n) is 1.31. The Kier molecular flexibility index (Phi) is 6.28. The first-order valence-electron chi connectivity index (χ1n) is 2.16. The molecule has 0 saturated heterocycles. The molecule has 2 atom stereocenters. The topological polar surface area (TPSA) is 60.7 Å². The van der Waals surface area contributed by atoms with Crippen LogP contribution in [0.2, 0.25) is 0 Å². The smallest absolute Gasteiger partial charge is 0.138 e. The van der Waals surface area contributed by atoms with E-state index in [2.05, 4.69) is 11.7 Å². The normalized spacial score (nSPS) is 17.3. The number of rotatable bonds is 4. The Bertz CT molecular complexity index is 71.3. The first kappa shape index (κ1) is 9.93. The molecular weight excluding hydrogens is 180 g/mol. The summed E-state index contributed by atoms with van der Waals surface area (Å²) in [6, 6.07) is 0. The molecule has 0 heterocycles. The summed E-state index contributed by atoms with van der Waals surface area (Å²) in [5.41, 5.74) is -0.961.